The first-order valence-corrected chi connectivity index (χ1v) is 7.50. The van der Waals surface area contributed by atoms with Crippen LogP contribution in [-0.4, -0.2) is 19.7 Å². The van der Waals surface area contributed by atoms with Crippen molar-refractivity contribution in [1.82, 2.24) is 5.32 Å². The van der Waals surface area contributed by atoms with Gasteiger partial charge in [-0.1, -0.05) is 45.0 Å². The second-order valence-electron chi connectivity index (χ2n) is 6.04. The maximum Gasteiger partial charge on any atom is 0.0842 e. The molecule has 1 N–H and O–H groups in total. The SMILES string of the molecule is CNC(CC1OCCc2ccccc21)C(C)C(C)C. The van der Waals surface area contributed by atoms with Gasteiger partial charge in [0.2, 0.25) is 0 Å². The van der Waals surface area contributed by atoms with E-state index >= 15 is 0 Å². The highest BCUT2D eigenvalue weighted by atomic mass is 16.5. The molecule has 0 spiro atoms. The lowest BCUT2D eigenvalue weighted by molar-refractivity contribution is 0.0237. The zero-order valence-corrected chi connectivity index (χ0v) is 12.6. The second-order valence-corrected chi connectivity index (χ2v) is 6.04. The molecule has 1 heterocycles. The molecular weight excluding hydrogens is 234 g/mol. The van der Waals surface area contributed by atoms with E-state index in [2.05, 4.69) is 57.4 Å². The number of nitrogens with one attached hydrogen (secondary N) is 1. The fraction of sp³-hybridized carbons (Fsp3) is 0.647. The molecule has 0 saturated heterocycles. The van der Waals surface area contributed by atoms with Gasteiger partial charge in [-0.3, -0.25) is 0 Å². The summed E-state index contributed by atoms with van der Waals surface area (Å²) in [6, 6.07) is 9.24. The molecule has 2 heteroatoms. The van der Waals surface area contributed by atoms with Crippen molar-refractivity contribution in [2.45, 2.75) is 45.8 Å². The Balaban J connectivity index is 2.11. The Morgan fingerprint density at radius 1 is 1.26 bits per heavy atom. The molecule has 106 valence electrons. The fourth-order valence-electron chi connectivity index (χ4n) is 2.96. The normalized spacial score (nSPS) is 22.1. The van der Waals surface area contributed by atoms with E-state index in [9.17, 15) is 0 Å². The van der Waals surface area contributed by atoms with Crippen LogP contribution in [-0.2, 0) is 11.2 Å². The van der Waals surface area contributed by atoms with E-state index in [1.807, 2.05) is 0 Å². The van der Waals surface area contributed by atoms with Crippen LogP contribution in [0.3, 0.4) is 0 Å². The van der Waals surface area contributed by atoms with Crippen LogP contribution in [0.15, 0.2) is 24.3 Å². The number of benzene rings is 1. The summed E-state index contributed by atoms with van der Waals surface area (Å²) in [5.41, 5.74) is 2.86. The molecule has 0 saturated carbocycles. The van der Waals surface area contributed by atoms with Crippen molar-refractivity contribution in [2.24, 2.45) is 11.8 Å². The number of rotatable bonds is 5. The van der Waals surface area contributed by atoms with Gasteiger partial charge in [0.25, 0.3) is 0 Å². The molecule has 2 nitrogen and oxygen atoms in total. The van der Waals surface area contributed by atoms with Crippen molar-refractivity contribution in [3.63, 3.8) is 0 Å². The quantitative estimate of drug-likeness (QED) is 0.875. The number of hydrogen-bond donors (Lipinski definition) is 1. The Labute approximate surface area is 117 Å². The van der Waals surface area contributed by atoms with Gasteiger partial charge in [-0.15, -0.1) is 0 Å². The van der Waals surface area contributed by atoms with Crippen molar-refractivity contribution >= 4 is 0 Å². The van der Waals surface area contributed by atoms with Crippen LogP contribution >= 0.6 is 0 Å². The number of hydrogen-bond acceptors (Lipinski definition) is 2. The van der Waals surface area contributed by atoms with Crippen molar-refractivity contribution in [3.8, 4) is 0 Å². The minimum absolute atomic E-state index is 0.253. The molecule has 1 aromatic carbocycles. The molecule has 0 aromatic heterocycles. The molecule has 1 aliphatic heterocycles. The maximum atomic E-state index is 6.03. The molecule has 0 aliphatic carbocycles. The summed E-state index contributed by atoms with van der Waals surface area (Å²) < 4.78 is 6.03. The van der Waals surface area contributed by atoms with Gasteiger partial charge < -0.3 is 10.1 Å². The molecule has 0 amide bonds. The molecule has 0 fully saturated rings. The van der Waals surface area contributed by atoms with Crippen LogP contribution in [0.4, 0.5) is 0 Å². The van der Waals surface area contributed by atoms with E-state index in [1.54, 1.807) is 0 Å². The minimum atomic E-state index is 0.253. The Hall–Kier alpha value is -0.860. The molecular formula is C17H27NO. The lowest BCUT2D eigenvalue weighted by Gasteiger charge is -2.33. The summed E-state index contributed by atoms with van der Waals surface area (Å²) in [4.78, 5) is 0. The average molecular weight is 261 g/mol. The van der Waals surface area contributed by atoms with Gasteiger partial charge >= 0.3 is 0 Å². The van der Waals surface area contributed by atoms with Gasteiger partial charge in [0.05, 0.1) is 12.7 Å². The lowest BCUT2D eigenvalue weighted by atomic mass is 9.84. The third-order valence-corrected chi connectivity index (χ3v) is 4.62. The third kappa shape index (κ3) is 3.37. The predicted molar refractivity (Wildman–Crippen MR) is 80.3 cm³/mol. The van der Waals surface area contributed by atoms with Gasteiger partial charge in [0.1, 0.15) is 0 Å². The largest absolute Gasteiger partial charge is 0.373 e. The Morgan fingerprint density at radius 2 is 2.00 bits per heavy atom. The first kappa shape index (κ1) is 14.5. The summed E-state index contributed by atoms with van der Waals surface area (Å²) >= 11 is 0. The van der Waals surface area contributed by atoms with E-state index in [1.165, 1.54) is 11.1 Å². The summed E-state index contributed by atoms with van der Waals surface area (Å²) in [5, 5.41) is 3.48. The van der Waals surface area contributed by atoms with Crippen LogP contribution in [0.2, 0.25) is 0 Å². The monoisotopic (exact) mass is 261 g/mol. The Bertz CT molecular complexity index is 402. The zero-order chi connectivity index (χ0) is 13.8. The maximum absolute atomic E-state index is 6.03. The zero-order valence-electron chi connectivity index (χ0n) is 12.6. The summed E-state index contributed by atoms with van der Waals surface area (Å²) in [5.74, 6) is 1.35. The first-order valence-electron chi connectivity index (χ1n) is 7.50. The Kier molecular flexibility index (Phi) is 5.00. The molecule has 0 bridgehead atoms. The van der Waals surface area contributed by atoms with E-state index in [0.29, 0.717) is 17.9 Å². The van der Waals surface area contributed by atoms with Gasteiger partial charge in [0.15, 0.2) is 0 Å². The summed E-state index contributed by atoms with van der Waals surface area (Å²) in [6.07, 6.45) is 2.37. The van der Waals surface area contributed by atoms with Crippen LogP contribution in [0, 0.1) is 11.8 Å². The van der Waals surface area contributed by atoms with E-state index in [0.717, 1.165) is 19.4 Å². The van der Waals surface area contributed by atoms with Crippen molar-refractivity contribution in [3.05, 3.63) is 35.4 Å². The van der Waals surface area contributed by atoms with Crippen molar-refractivity contribution in [2.75, 3.05) is 13.7 Å². The molecule has 1 aliphatic rings. The van der Waals surface area contributed by atoms with E-state index in [4.69, 9.17) is 4.74 Å². The topological polar surface area (TPSA) is 21.3 Å². The van der Waals surface area contributed by atoms with Crippen LogP contribution in [0.25, 0.3) is 0 Å². The Morgan fingerprint density at radius 3 is 2.68 bits per heavy atom. The minimum Gasteiger partial charge on any atom is -0.373 e. The molecule has 2 rings (SSSR count). The smallest absolute Gasteiger partial charge is 0.0842 e. The summed E-state index contributed by atoms with van der Waals surface area (Å²) in [6.45, 7) is 7.78. The van der Waals surface area contributed by atoms with Gasteiger partial charge in [-0.2, -0.15) is 0 Å². The predicted octanol–water partition coefficient (Wildman–Crippen LogP) is 3.57. The van der Waals surface area contributed by atoms with Crippen molar-refractivity contribution < 1.29 is 4.74 Å². The third-order valence-electron chi connectivity index (χ3n) is 4.62. The lowest BCUT2D eigenvalue weighted by Crippen LogP contribution is -2.37. The van der Waals surface area contributed by atoms with Crippen LogP contribution < -0.4 is 5.32 Å². The van der Waals surface area contributed by atoms with Gasteiger partial charge in [-0.05, 0) is 42.9 Å². The van der Waals surface area contributed by atoms with Gasteiger partial charge in [-0.25, -0.2) is 0 Å². The van der Waals surface area contributed by atoms with E-state index < -0.39 is 0 Å². The van der Waals surface area contributed by atoms with Gasteiger partial charge in [0, 0.05) is 6.04 Å². The first-order chi connectivity index (χ1) is 9.13. The number of fused-ring (bicyclic) bond motifs is 1. The highest BCUT2D eigenvalue weighted by molar-refractivity contribution is 5.31. The standard InChI is InChI=1S/C17H27NO/c1-12(2)13(3)16(18-4)11-17-15-8-6-5-7-14(15)9-10-19-17/h5-8,12-13,16-18H,9-11H2,1-4H3. The number of ether oxygens (including phenoxy) is 1. The molecule has 19 heavy (non-hydrogen) atoms. The van der Waals surface area contributed by atoms with Crippen LogP contribution in [0.1, 0.15) is 44.4 Å². The molecule has 1 aromatic rings. The highest BCUT2D eigenvalue weighted by Gasteiger charge is 2.27. The fourth-order valence-corrected chi connectivity index (χ4v) is 2.96. The van der Waals surface area contributed by atoms with Crippen molar-refractivity contribution in [1.29, 1.82) is 0 Å². The molecule has 0 radical (unpaired) electrons. The van der Waals surface area contributed by atoms with E-state index in [-0.39, 0.29) is 6.10 Å². The molecule has 3 unspecified atom stereocenters. The van der Waals surface area contributed by atoms with Crippen LogP contribution in [0.5, 0.6) is 0 Å². The second kappa shape index (κ2) is 6.53. The molecule has 3 atom stereocenters. The summed E-state index contributed by atoms with van der Waals surface area (Å²) in [7, 11) is 2.07. The highest BCUT2D eigenvalue weighted by Crippen LogP contribution is 2.32. The average Bonchev–Trinajstić information content (AvgIpc) is 2.44.